The molecule has 0 radical (unpaired) electrons. The molecule has 1 saturated carbocycles. The van der Waals surface area contributed by atoms with Gasteiger partial charge in [0.05, 0.1) is 17.7 Å². The highest BCUT2D eigenvalue weighted by molar-refractivity contribution is 7.07. The first-order valence-electron chi connectivity index (χ1n) is 6.68. The van der Waals surface area contributed by atoms with Gasteiger partial charge in [0.25, 0.3) is 0 Å². The summed E-state index contributed by atoms with van der Waals surface area (Å²) in [5.41, 5.74) is 1.33. The number of nitrogens with one attached hydrogen (secondary N) is 2. The van der Waals surface area contributed by atoms with E-state index in [-0.39, 0.29) is 0 Å². The highest BCUT2D eigenvalue weighted by Gasteiger charge is 2.43. The van der Waals surface area contributed by atoms with Crippen LogP contribution in [0.4, 0.5) is 4.79 Å². The molecule has 2 rings (SSSR count). The van der Waals surface area contributed by atoms with Gasteiger partial charge in [0.15, 0.2) is 0 Å². The molecule has 2 unspecified atom stereocenters. The van der Waals surface area contributed by atoms with E-state index in [1.807, 2.05) is 12.3 Å². The van der Waals surface area contributed by atoms with Crippen molar-refractivity contribution >= 4 is 23.3 Å². The molecule has 2 amide bonds. The van der Waals surface area contributed by atoms with Gasteiger partial charge in [-0.3, -0.25) is 0 Å². The van der Waals surface area contributed by atoms with Crippen LogP contribution in [0.1, 0.15) is 38.3 Å². The van der Waals surface area contributed by atoms with Crippen LogP contribution in [0.2, 0.25) is 0 Å². The summed E-state index contributed by atoms with van der Waals surface area (Å²) in [6, 6.07) is -0.450. The Morgan fingerprint density at radius 1 is 1.60 bits per heavy atom. The van der Waals surface area contributed by atoms with Crippen LogP contribution in [0.5, 0.6) is 0 Å². The molecule has 0 saturated heterocycles. The van der Waals surface area contributed by atoms with Crippen molar-refractivity contribution in [3.8, 4) is 0 Å². The molecule has 7 heteroatoms. The summed E-state index contributed by atoms with van der Waals surface area (Å²) in [6.07, 6.45) is 2.79. The Morgan fingerprint density at radius 3 is 3.00 bits per heavy atom. The van der Waals surface area contributed by atoms with E-state index in [0.29, 0.717) is 25.3 Å². The van der Waals surface area contributed by atoms with Crippen molar-refractivity contribution in [2.24, 2.45) is 5.92 Å². The molecular formula is C13H19N3O3S. The normalized spacial score (nSPS) is 25.9. The molecule has 1 aromatic heterocycles. The standard InChI is InChI=1S/C13H19N3O3S/c1-9-3-2-4-13(5-9,11(17)18)16-12(19)14-6-10-7-20-8-15-10/h7-9H,2-6H2,1H3,(H,17,18)(H2,14,16,19). The first-order valence-corrected chi connectivity index (χ1v) is 7.62. The van der Waals surface area contributed by atoms with E-state index in [9.17, 15) is 14.7 Å². The molecule has 0 aliphatic heterocycles. The molecule has 6 nitrogen and oxygen atoms in total. The highest BCUT2D eigenvalue weighted by Crippen LogP contribution is 2.32. The number of amides is 2. The van der Waals surface area contributed by atoms with E-state index in [4.69, 9.17) is 0 Å². The van der Waals surface area contributed by atoms with E-state index in [0.717, 1.165) is 18.5 Å². The lowest BCUT2D eigenvalue weighted by atomic mass is 9.76. The molecule has 0 aromatic carbocycles. The second-order valence-electron chi connectivity index (χ2n) is 5.38. The zero-order chi connectivity index (χ0) is 14.6. The van der Waals surface area contributed by atoms with Gasteiger partial charge in [-0.15, -0.1) is 11.3 Å². The maximum Gasteiger partial charge on any atom is 0.329 e. The molecular weight excluding hydrogens is 278 g/mol. The fourth-order valence-corrected chi connectivity index (χ4v) is 3.23. The van der Waals surface area contributed by atoms with Gasteiger partial charge in [0, 0.05) is 5.38 Å². The molecule has 110 valence electrons. The average Bonchev–Trinajstić information content (AvgIpc) is 2.89. The molecule has 1 aliphatic carbocycles. The van der Waals surface area contributed by atoms with E-state index < -0.39 is 17.5 Å². The zero-order valence-corrected chi connectivity index (χ0v) is 12.2. The summed E-state index contributed by atoms with van der Waals surface area (Å²) in [5, 5.41) is 16.6. The molecule has 20 heavy (non-hydrogen) atoms. The van der Waals surface area contributed by atoms with Crippen molar-refractivity contribution in [3.05, 3.63) is 16.6 Å². The summed E-state index contributed by atoms with van der Waals surface area (Å²) in [5.74, 6) is -0.647. The quantitative estimate of drug-likeness (QED) is 0.792. The number of hydrogen-bond acceptors (Lipinski definition) is 4. The molecule has 0 spiro atoms. The van der Waals surface area contributed by atoms with Crippen molar-refractivity contribution in [3.63, 3.8) is 0 Å². The van der Waals surface area contributed by atoms with Gasteiger partial charge in [-0.2, -0.15) is 0 Å². The van der Waals surface area contributed by atoms with Gasteiger partial charge in [0.1, 0.15) is 5.54 Å². The summed E-state index contributed by atoms with van der Waals surface area (Å²) >= 11 is 1.45. The van der Waals surface area contributed by atoms with Crippen LogP contribution in [0.15, 0.2) is 10.9 Å². The van der Waals surface area contributed by atoms with Crippen molar-refractivity contribution in [2.75, 3.05) is 0 Å². The lowest BCUT2D eigenvalue weighted by Gasteiger charge is -2.36. The Hall–Kier alpha value is -1.63. The monoisotopic (exact) mass is 297 g/mol. The van der Waals surface area contributed by atoms with Crippen LogP contribution in [-0.2, 0) is 11.3 Å². The predicted molar refractivity (Wildman–Crippen MR) is 75.5 cm³/mol. The minimum Gasteiger partial charge on any atom is -0.480 e. The number of carbonyl (C=O) groups excluding carboxylic acids is 1. The number of urea groups is 1. The van der Waals surface area contributed by atoms with Crippen molar-refractivity contribution in [1.29, 1.82) is 0 Å². The fraction of sp³-hybridized carbons (Fsp3) is 0.615. The Labute approximate surface area is 121 Å². The van der Waals surface area contributed by atoms with Crippen LogP contribution >= 0.6 is 11.3 Å². The van der Waals surface area contributed by atoms with Gasteiger partial charge in [-0.25, -0.2) is 14.6 Å². The number of thiazole rings is 1. The molecule has 2 atom stereocenters. The number of carboxylic acids is 1. The third kappa shape index (κ3) is 3.47. The zero-order valence-electron chi connectivity index (χ0n) is 11.4. The smallest absolute Gasteiger partial charge is 0.329 e. The van der Waals surface area contributed by atoms with Gasteiger partial charge in [-0.1, -0.05) is 19.8 Å². The summed E-state index contributed by atoms with van der Waals surface area (Å²) in [6.45, 7) is 2.33. The Balaban J connectivity index is 1.94. The molecule has 1 aromatic rings. The van der Waals surface area contributed by atoms with Crippen molar-refractivity contribution in [2.45, 2.75) is 44.7 Å². The SMILES string of the molecule is CC1CCCC(NC(=O)NCc2cscn2)(C(=O)O)C1. The number of aliphatic carboxylic acids is 1. The van der Waals surface area contributed by atoms with Crippen LogP contribution in [0.3, 0.4) is 0 Å². The summed E-state index contributed by atoms with van der Waals surface area (Å²) < 4.78 is 0. The largest absolute Gasteiger partial charge is 0.480 e. The second-order valence-corrected chi connectivity index (χ2v) is 6.09. The number of aromatic nitrogens is 1. The molecule has 3 N–H and O–H groups in total. The number of carbonyl (C=O) groups is 2. The molecule has 1 heterocycles. The lowest BCUT2D eigenvalue weighted by molar-refractivity contribution is -0.146. The van der Waals surface area contributed by atoms with E-state index in [1.54, 1.807) is 5.51 Å². The van der Waals surface area contributed by atoms with Crippen LogP contribution < -0.4 is 10.6 Å². The third-order valence-corrected chi connectivity index (χ3v) is 4.31. The minimum absolute atomic E-state index is 0.304. The Kier molecular flexibility index (Phi) is 4.59. The Bertz CT molecular complexity index is 477. The molecule has 1 aliphatic rings. The topological polar surface area (TPSA) is 91.3 Å². The third-order valence-electron chi connectivity index (χ3n) is 3.67. The first-order chi connectivity index (χ1) is 9.52. The van der Waals surface area contributed by atoms with Gasteiger partial charge in [-0.05, 0) is 18.8 Å². The van der Waals surface area contributed by atoms with E-state index >= 15 is 0 Å². The summed E-state index contributed by atoms with van der Waals surface area (Å²) in [4.78, 5) is 27.5. The maximum absolute atomic E-state index is 11.9. The lowest BCUT2D eigenvalue weighted by Crippen LogP contribution is -2.59. The summed E-state index contributed by atoms with van der Waals surface area (Å²) in [7, 11) is 0. The van der Waals surface area contributed by atoms with Gasteiger partial charge >= 0.3 is 12.0 Å². The van der Waals surface area contributed by atoms with E-state index in [1.165, 1.54) is 11.3 Å². The fourth-order valence-electron chi connectivity index (χ4n) is 2.67. The van der Waals surface area contributed by atoms with Crippen LogP contribution in [0.25, 0.3) is 0 Å². The minimum atomic E-state index is -1.14. The second kappa shape index (κ2) is 6.21. The Morgan fingerprint density at radius 2 is 2.40 bits per heavy atom. The van der Waals surface area contributed by atoms with Crippen molar-refractivity contribution in [1.82, 2.24) is 15.6 Å². The van der Waals surface area contributed by atoms with Gasteiger partial charge < -0.3 is 15.7 Å². The first kappa shape index (κ1) is 14.8. The number of rotatable bonds is 4. The van der Waals surface area contributed by atoms with E-state index in [2.05, 4.69) is 15.6 Å². The number of hydrogen-bond donors (Lipinski definition) is 3. The van der Waals surface area contributed by atoms with Crippen molar-refractivity contribution < 1.29 is 14.7 Å². The van der Waals surface area contributed by atoms with Gasteiger partial charge in [0.2, 0.25) is 0 Å². The highest BCUT2D eigenvalue weighted by atomic mass is 32.1. The van der Waals surface area contributed by atoms with Crippen LogP contribution in [0, 0.1) is 5.92 Å². The average molecular weight is 297 g/mol. The number of nitrogens with zero attached hydrogens (tertiary/aromatic N) is 1. The van der Waals surface area contributed by atoms with Crippen LogP contribution in [-0.4, -0.2) is 27.6 Å². The predicted octanol–water partition coefficient (Wildman–Crippen LogP) is 1.98. The molecule has 0 bridgehead atoms. The number of carboxylic acid groups (broad SMARTS) is 1. The molecule has 1 fully saturated rings. The maximum atomic E-state index is 11.9.